The molecule has 5 heteroatoms. The summed E-state index contributed by atoms with van der Waals surface area (Å²) in [6.45, 7) is 2.16. The van der Waals surface area contributed by atoms with Crippen molar-refractivity contribution >= 4 is 33.3 Å². The predicted molar refractivity (Wildman–Crippen MR) is 91.5 cm³/mol. The summed E-state index contributed by atoms with van der Waals surface area (Å²) in [5, 5.41) is 0.622. The highest BCUT2D eigenvalue weighted by atomic mass is 79.9. The Morgan fingerprint density at radius 1 is 1.38 bits per heavy atom. The van der Waals surface area contributed by atoms with E-state index < -0.39 is 0 Å². The largest absolute Gasteiger partial charge is 0.496 e. The van der Waals surface area contributed by atoms with Crippen molar-refractivity contribution in [3.05, 3.63) is 51.6 Å². The van der Waals surface area contributed by atoms with Gasteiger partial charge in [-0.1, -0.05) is 29.8 Å². The van der Waals surface area contributed by atoms with Gasteiger partial charge in [-0.2, -0.15) is 0 Å². The molecule has 0 saturated heterocycles. The van der Waals surface area contributed by atoms with Crippen molar-refractivity contribution in [3.8, 4) is 5.75 Å². The molecule has 0 aliphatic carbocycles. The molecule has 0 fully saturated rings. The zero-order valence-corrected chi connectivity index (χ0v) is 14.6. The zero-order valence-electron chi connectivity index (χ0n) is 12.3. The van der Waals surface area contributed by atoms with Gasteiger partial charge in [0.05, 0.1) is 16.6 Å². The molecule has 112 valence electrons. The lowest BCUT2D eigenvalue weighted by molar-refractivity contribution is 0.408. The molecular formula is C16H18BrClN2O. The number of aromatic nitrogens is 1. The van der Waals surface area contributed by atoms with Crippen molar-refractivity contribution in [2.24, 2.45) is 0 Å². The van der Waals surface area contributed by atoms with Crippen LogP contribution < -0.4 is 9.64 Å². The molecule has 0 N–H and O–H groups in total. The van der Waals surface area contributed by atoms with Gasteiger partial charge in [0, 0.05) is 19.3 Å². The molecule has 3 nitrogen and oxygen atoms in total. The van der Waals surface area contributed by atoms with Crippen molar-refractivity contribution in [2.75, 3.05) is 19.1 Å². The molecule has 1 aromatic carbocycles. The Hall–Kier alpha value is -1.26. The van der Waals surface area contributed by atoms with E-state index in [9.17, 15) is 0 Å². The maximum Gasteiger partial charge on any atom is 0.142 e. The normalized spacial score (nSPS) is 12.0. The Balaban J connectivity index is 2.17. The maximum absolute atomic E-state index is 5.94. The van der Waals surface area contributed by atoms with Gasteiger partial charge in [0.25, 0.3) is 0 Å². The quantitative estimate of drug-likeness (QED) is 0.772. The fourth-order valence-corrected chi connectivity index (χ4v) is 3.12. The van der Waals surface area contributed by atoms with E-state index in [1.54, 1.807) is 13.3 Å². The second-order valence-electron chi connectivity index (χ2n) is 4.93. The number of benzene rings is 1. The number of pyridine rings is 1. The summed E-state index contributed by atoms with van der Waals surface area (Å²) in [5.41, 5.74) is 1.18. The number of ether oxygens (including phenoxy) is 1. The second kappa shape index (κ2) is 7.14. The van der Waals surface area contributed by atoms with Crippen LogP contribution in [0.2, 0.25) is 5.02 Å². The topological polar surface area (TPSA) is 25.4 Å². The van der Waals surface area contributed by atoms with Gasteiger partial charge in [0.2, 0.25) is 0 Å². The van der Waals surface area contributed by atoms with Crippen LogP contribution in [-0.4, -0.2) is 25.2 Å². The standard InChI is InChI=1S/C16H18BrClN2O/c1-11(8-12-6-4-5-7-15(12)21-3)20(2)16-14(17)9-13(18)10-19-16/h4-7,9-11H,8H2,1-3H3. The summed E-state index contributed by atoms with van der Waals surface area (Å²) in [7, 11) is 3.73. The minimum absolute atomic E-state index is 0.270. The van der Waals surface area contributed by atoms with Gasteiger partial charge in [-0.05, 0) is 47.0 Å². The first-order valence-electron chi connectivity index (χ1n) is 6.68. The summed E-state index contributed by atoms with van der Waals surface area (Å²) >= 11 is 9.46. The average Bonchev–Trinajstić information content (AvgIpc) is 2.47. The fourth-order valence-electron chi connectivity index (χ4n) is 2.20. The van der Waals surface area contributed by atoms with E-state index in [2.05, 4.69) is 38.8 Å². The van der Waals surface area contributed by atoms with Crippen LogP contribution in [0.15, 0.2) is 41.0 Å². The minimum atomic E-state index is 0.270. The van der Waals surface area contributed by atoms with Crippen LogP contribution >= 0.6 is 27.5 Å². The monoisotopic (exact) mass is 368 g/mol. The van der Waals surface area contributed by atoms with Crippen molar-refractivity contribution < 1.29 is 4.74 Å². The third-order valence-electron chi connectivity index (χ3n) is 3.49. The van der Waals surface area contributed by atoms with E-state index in [1.165, 1.54) is 5.56 Å². The number of anilines is 1. The number of methoxy groups -OCH3 is 1. The molecular weight excluding hydrogens is 352 g/mol. The summed E-state index contributed by atoms with van der Waals surface area (Å²) in [6.07, 6.45) is 2.53. The third kappa shape index (κ3) is 3.89. The highest BCUT2D eigenvalue weighted by molar-refractivity contribution is 9.10. The fraction of sp³-hybridized carbons (Fsp3) is 0.312. The van der Waals surface area contributed by atoms with Gasteiger partial charge >= 0.3 is 0 Å². The molecule has 1 atom stereocenters. The zero-order chi connectivity index (χ0) is 15.4. The van der Waals surface area contributed by atoms with Crippen LogP contribution in [0, 0.1) is 0 Å². The molecule has 21 heavy (non-hydrogen) atoms. The first-order valence-corrected chi connectivity index (χ1v) is 7.85. The van der Waals surface area contributed by atoms with Gasteiger partial charge in [-0.25, -0.2) is 4.98 Å². The molecule has 2 rings (SSSR count). The minimum Gasteiger partial charge on any atom is -0.496 e. The molecule has 0 spiro atoms. The second-order valence-corrected chi connectivity index (χ2v) is 6.23. The predicted octanol–water partition coefficient (Wildman–Crippen LogP) is 4.57. The summed E-state index contributed by atoms with van der Waals surface area (Å²) in [4.78, 5) is 6.53. The molecule has 0 aliphatic rings. The van der Waals surface area contributed by atoms with Crippen LogP contribution in [0.25, 0.3) is 0 Å². The van der Waals surface area contributed by atoms with Crippen LogP contribution in [0.5, 0.6) is 5.75 Å². The molecule has 1 unspecified atom stereocenters. The first-order chi connectivity index (χ1) is 10.0. The van der Waals surface area contributed by atoms with E-state index in [0.717, 1.165) is 22.5 Å². The number of hydrogen-bond acceptors (Lipinski definition) is 3. The van der Waals surface area contributed by atoms with E-state index in [1.807, 2.05) is 31.3 Å². The Morgan fingerprint density at radius 2 is 2.10 bits per heavy atom. The number of hydrogen-bond donors (Lipinski definition) is 0. The van der Waals surface area contributed by atoms with Crippen molar-refractivity contribution in [1.29, 1.82) is 0 Å². The number of halogens is 2. The van der Waals surface area contributed by atoms with Crippen LogP contribution in [-0.2, 0) is 6.42 Å². The number of likely N-dealkylation sites (N-methyl/N-ethyl adjacent to an activating group) is 1. The molecule has 0 radical (unpaired) electrons. The van der Waals surface area contributed by atoms with Gasteiger partial charge in [0.15, 0.2) is 0 Å². The van der Waals surface area contributed by atoms with E-state index in [4.69, 9.17) is 16.3 Å². The summed E-state index contributed by atoms with van der Waals surface area (Å²) in [6, 6.07) is 10.2. The molecule has 1 heterocycles. The lowest BCUT2D eigenvalue weighted by Crippen LogP contribution is -2.31. The Bertz CT molecular complexity index is 621. The van der Waals surface area contributed by atoms with Crippen LogP contribution in [0.4, 0.5) is 5.82 Å². The highest BCUT2D eigenvalue weighted by Gasteiger charge is 2.16. The molecule has 0 amide bonds. The molecule has 2 aromatic rings. The first kappa shape index (κ1) is 16.1. The lowest BCUT2D eigenvalue weighted by Gasteiger charge is -2.27. The Labute approximate surface area is 139 Å². The molecule has 0 bridgehead atoms. The number of para-hydroxylation sites is 1. The molecule has 0 saturated carbocycles. The SMILES string of the molecule is COc1ccccc1CC(C)N(C)c1ncc(Cl)cc1Br. The smallest absolute Gasteiger partial charge is 0.142 e. The summed E-state index contributed by atoms with van der Waals surface area (Å²) in [5.74, 6) is 1.79. The van der Waals surface area contributed by atoms with Gasteiger partial charge in [-0.3, -0.25) is 0 Å². The van der Waals surface area contributed by atoms with Crippen molar-refractivity contribution in [2.45, 2.75) is 19.4 Å². The van der Waals surface area contributed by atoms with E-state index in [0.29, 0.717) is 5.02 Å². The van der Waals surface area contributed by atoms with E-state index in [-0.39, 0.29) is 6.04 Å². The lowest BCUT2D eigenvalue weighted by atomic mass is 10.1. The summed E-state index contributed by atoms with van der Waals surface area (Å²) < 4.78 is 6.30. The molecule has 1 aromatic heterocycles. The molecule has 0 aliphatic heterocycles. The average molecular weight is 370 g/mol. The Morgan fingerprint density at radius 3 is 2.76 bits per heavy atom. The van der Waals surface area contributed by atoms with Crippen LogP contribution in [0.1, 0.15) is 12.5 Å². The maximum atomic E-state index is 5.94. The highest BCUT2D eigenvalue weighted by Crippen LogP contribution is 2.28. The van der Waals surface area contributed by atoms with Gasteiger partial charge < -0.3 is 9.64 Å². The number of nitrogens with zero attached hydrogens (tertiary/aromatic N) is 2. The number of rotatable bonds is 5. The van der Waals surface area contributed by atoms with E-state index >= 15 is 0 Å². The van der Waals surface area contributed by atoms with Crippen molar-refractivity contribution in [1.82, 2.24) is 4.98 Å². The van der Waals surface area contributed by atoms with Crippen molar-refractivity contribution in [3.63, 3.8) is 0 Å². The van der Waals surface area contributed by atoms with Crippen LogP contribution in [0.3, 0.4) is 0 Å². The Kier molecular flexibility index (Phi) is 5.48. The van der Waals surface area contributed by atoms with Gasteiger partial charge in [-0.15, -0.1) is 0 Å². The third-order valence-corrected chi connectivity index (χ3v) is 4.28. The van der Waals surface area contributed by atoms with Gasteiger partial charge in [0.1, 0.15) is 11.6 Å².